The van der Waals surface area contributed by atoms with Crippen molar-refractivity contribution in [3.05, 3.63) is 0 Å². The van der Waals surface area contributed by atoms with E-state index in [0.29, 0.717) is 0 Å². The van der Waals surface area contributed by atoms with Gasteiger partial charge in [-0.2, -0.15) is 12.6 Å². The van der Waals surface area contributed by atoms with Crippen LogP contribution in [0.4, 0.5) is 0 Å². The molecule has 0 radical (unpaired) electrons. The van der Waals surface area contributed by atoms with Crippen molar-refractivity contribution < 1.29 is 58.2 Å². The molecule has 510 valence electrons. The summed E-state index contributed by atoms with van der Waals surface area (Å²) in [5.74, 6) is -3.70. The van der Waals surface area contributed by atoms with Crippen molar-refractivity contribution in [2.24, 2.45) is 5.73 Å². The van der Waals surface area contributed by atoms with E-state index in [1.54, 1.807) is 0 Å². The largest absolute Gasteiger partial charge is 0.480 e. The summed E-state index contributed by atoms with van der Waals surface area (Å²) < 4.78 is 0. The summed E-state index contributed by atoms with van der Waals surface area (Å²) in [6, 6.07) is -2.15. The van der Waals surface area contributed by atoms with Gasteiger partial charge in [0.25, 0.3) is 0 Å². The third-order valence-electron chi connectivity index (χ3n) is 13.8. The number of thiol groups is 1. The summed E-state index contributed by atoms with van der Waals surface area (Å²) >= 11 is 3.87. The number of rotatable bonds is 57. The smallest absolute Gasteiger partial charge is 0.322 e. The monoisotopic (exact) mass is 1240 g/mol. The van der Waals surface area contributed by atoms with Gasteiger partial charge in [-0.3, -0.25) is 19.2 Å². The zero-order valence-corrected chi connectivity index (χ0v) is 57.3. The highest BCUT2D eigenvalue weighted by molar-refractivity contribution is 7.80. The topological polar surface area (TPSA) is 261 Å². The number of hydrogen-bond acceptors (Lipinski definition) is 12. The second-order valence-electron chi connectivity index (χ2n) is 22.4. The molecule has 86 heavy (non-hydrogen) atoms. The molecule has 0 heterocycles. The first-order valence-electron chi connectivity index (χ1n) is 34.8. The Morgan fingerprint density at radius 1 is 0.372 bits per heavy atom. The molecule has 2 atom stereocenters. The molecule has 0 aliphatic carbocycles. The molecule has 0 aromatic rings. The van der Waals surface area contributed by atoms with Crippen LogP contribution in [0.15, 0.2) is 0 Å². The maximum Gasteiger partial charge on any atom is 0.322 e. The molecular weight excluding hydrogens is 1110 g/mol. The number of carbonyl (C=O) groups is 10. The number of nitrogens with one attached hydrogen (secondary N) is 2. The van der Waals surface area contributed by atoms with Gasteiger partial charge in [0.2, 0.25) is 11.8 Å². The van der Waals surface area contributed by atoms with Gasteiger partial charge >= 0.3 is 11.9 Å². The number of unbranched alkanes of at least 4 members (excludes halogenated alkanes) is 42. The van der Waals surface area contributed by atoms with E-state index >= 15 is 0 Å². The number of carbonyl (C=O) groups excluding carboxylic acids is 8. The number of hydrogen-bond donors (Lipinski definition) is 6. The van der Waals surface area contributed by atoms with Crippen LogP contribution in [-0.4, -0.2) is 96.1 Å². The SMILES string of the molecule is CCCCCCCCCC=O.CCCCCCCCCC=O.CCCCCCCCCC=O.CCCCCCCCCC=O.CCCCCCCCCC=O.CCCCCCCCCC=O.N[C@@H](CCC(=O)N[C@@H](CS)C(=O)NCC(=O)O)C(=O)O. The van der Waals surface area contributed by atoms with E-state index in [4.69, 9.17) is 15.9 Å². The molecule has 0 aromatic carbocycles. The van der Waals surface area contributed by atoms with Gasteiger partial charge in [-0.1, -0.05) is 273 Å². The molecule has 0 aliphatic rings. The maximum atomic E-state index is 11.5. The molecule has 0 saturated carbocycles. The van der Waals surface area contributed by atoms with Crippen molar-refractivity contribution in [3.63, 3.8) is 0 Å². The van der Waals surface area contributed by atoms with Crippen LogP contribution in [0.2, 0.25) is 0 Å². The van der Waals surface area contributed by atoms with Gasteiger partial charge in [0.1, 0.15) is 56.3 Å². The fourth-order valence-electron chi connectivity index (χ4n) is 8.27. The summed E-state index contributed by atoms with van der Waals surface area (Å²) in [6.45, 7) is 12.8. The van der Waals surface area contributed by atoms with Crippen molar-refractivity contribution in [1.82, 2.24) is 10.6 Å². The minimum Gasteiger partial charge on any atom is -0.480 e. The van der Waals surface area contributed by atoms with Crippen LogP contribution in [0.3, 0.4) is 0 Å². The number of nitrogens with two attached hydrogens (primary N) is 1. The first kappa shape index (κ1) is 95.9. The minimum atomic E-state index is -1.22. The van der Waals surface area contributed by atoms with Gasteiger partial charge in [0, 0.05) is 50.7 Å². The van der Waals surface area contributed by atoms with Crippen LogP contribution in [0.25, 0.3) is 0 Å². The molecule has 0 unspecified atom stereocenters. The standard InChI is InChI=1S/C10H17N3O6S.6C10H20O/c11-5(10(18)19)1-2-7(14)13-6(4-20)9(17)12-3-8(15)16;6*1-2-3-4-5-6-7-8-9-10-11/h5-6,20H,1-4,11H2,(H,12,17)(H,13,14)(H,15,16)(H,18,19);6*10H,2-9H2,1H3/t5-,6-;;;;;;/m0....../s1. The highest BCUT2D eigenvalue weighted by Crippen LogP contribution is 2.12. The lowest BCUT2D eigenvalue weighted by Crippen LogP contribution is -2.49. The van der Waals surface area contributed by atoms with Crippen molar-refractivity contribution in [2.45, 2.75) is 375 Å². The molecule has 15 nitrogen and oxygen atoms in total. The van der Waals surface area contributed by atoms with E-state index < -0.39 is 42.4 Å². The quantitative estimate of drug-likeness (QED) is 0.0188. The first-order valence-corrected chi connectivity index (χ1v) is 35.4. The summed E-state index contributed by atoms with van der Waals surface area (Å²) in [4.78, 5) is 103. The van der Waals surface area contributed by atoms with E-state index in [-0.39, 0.29) is 18.6 Å². The first-order chi connectivity index (χ1) is 41.8. The Balaban J connectivity index is -0.000000172. The van der Waals surface area contributed by atoms with Crippen LogP contribution < -0.4 is 16.4 Å². The van der Waals surface area contributed by atoms with Crippen LogP contribution in [0, 0.1) is 0 Å². The van der Waals surface area contributed by atoms with Gasteiger partial charge in [-0.05, 0) is 44.9 Å². The average molecular weight is 1240 g/mol. The Hall–Kier alpha value is -3.79. The third kappa shape index (κ3) is 108. The molecule has 0 fully saturated rings. The Morgan fingerprint density at radius 3 is 0.756 bits per heavy atom. The zero-order chi connectivity index (χ0) is 65.9. The number of aliphatic carboxylic acids is 2. The van der Waals surface area contributed by atoms with Crippen molar-refractivity contribution in [1.29, 1.82) is 0 Å². The number of carboxylic acid groups (broad SMARTS) is 2. The molecule has 2 amide bonds. The summed E-state index contributed by atoms with van der Waals surface area (Å²) in [5, 5.41) is 21.4. The van der Waals surface area contributed by atoms with E-state index in [9.17, 15) is 47.9 Å². The third-order valence-corrected chi connectivity index (χ3v) is 14.2. The average Bonchev–Trinajstić information content (AvgIpc) is 3.55. The maximum absolute atomic E-state index is 11.5. The Kier molecular flexibility index (Phi) is 106. The lowest BCUT2D eigenvalue weighted by atomic mass is 10.1. The molecule has 16 heteroatoms. The second kappa shape index (κ2) is 94.9. The minimum absolute atomic E-state index is 0.0256. The Morgan fingerprint density at radius 2 is 0.581 bits per heavy atom. The van der Waals surface area contributed by atoms with Crippen LogP contribution in [0.5, 0.6) is 0 Å². The zero-order valence-electron chi connectivity index (χ0n) is 56.4. The van der Waals surface area contributed by atoms with Gasteiger partial charge in [0.05, 0.1) is 0 Å². The molecular formula is C70H137N3O12S. The highest BCUT2D eigenvalue weighted by Gasteiger charge is 2.21. The molecule has 6 N–H and O–H groups in total. The van der Waals surface area contributed by atoms with E-state index in [0.717, 1.165) is 115 Å². The number of amides is 2. The number of carboxylic acids is 2. The van der Waals surface area contributed by atoms with Gasteiger partial charge < -0.3 is 55.3 Å². The van der Waals surface area contributed by atoms with E-state index in [2.05, 4.69) is 64.8 Å². The molecule has 0 saturated heterocycles. The predicted molar refractivity (Wildman–Crippen MR) is 363 cm³/mol. The lowest BCUT2D eigenvalue weighted by molar-refractivity contribution is -0.139. The second-order valence-corrected chi connectivity index (χ2v) is 22.7. The molecule has 0 bridgehead atoms. The normalized spacial score (nSPS) is 10.7. The molecule has 0 aromatic heterocycles. The molecule has 0 rings (SSSR count). The van der Waals surface area contributed by atoms with Gasteiger partial charge in [-0.25, -0.2) is 0 Å². The van der Waals surface area contributed by atoms with Crippen molar-refractivity contribution in [3.8, 4) is 0 Å². The fraction of sp³-hybridized carbons (Fsp3) is 0.857. The van der Waals surface area contributed by atoms with Gasteiger partial charge in [-0.15, -0.1) is 0 Å². The number of aldehydes is 6. The summed E-state index contributed by atoms with van der Waals surface area (Å²) in [6.07, 6.45) is 64.8. The van der Waals surface area contributed by atoms with Crippen molar-refractivity contribution in [2.75, 3.05) is 12.3 Å². The molecule has 0 aliphatic heterocycles. The predicted octanol–water partition coefficient (Wildman–Crippen LogP) is 17.7. The summed E-state index contributed by atoms with van der Waals surface area (Å²) in [5.41, 5.74) is 5.23. The fourth-order valence-corrected chi connectivity index (χ4v) is 8.52. The Labute approximate surface area is 533 Å². The summed E-state index contributed by atoms with van der Waals surface area (Å²) in [7, 11) is 0. The Bertz CT molecular complexity index is 1240. The lowest BCUT2D eigenvalue weighted by Gasteiger charge is -2.16. The van der Waals surface area contributed by atoms with Gasteiger partial charge in [0.15, 0.2) is 0 Å². The molecule has 0 spiro atoms. The van der Waals surface area contributed by atoms with Crippen LogP contribution in [0.1, 0.15) is 363 Å². The van der Waals surface area contributed by atoms with Crippen LogP contribution >= 0.6 is 12.6 Å². The van der Waals surface area contributed by atoms with E-state index in [1.807, 2.05) is 0 Å². The van der Waals surface area contributed by atoms with E-state index in [1.165, 1.54) is 231 Å². The van der Waals surface area contributed by atoms with Crippen molar-refractivity contribution >= 4 is 74.1 Å². The highest BCUT2D eigenvalue weighted by atomic mass is 32.1. The van der Waals surface area contributed by atoms with Crippen LogP contribution in [-0.2, 0) is 47.9 Å².